The van der Waals surface area contributed by atoms with Gasteiger partial charge in [0.2, 0.25) is 0 Å². The molecular formula is C15H17N3OS. The molecule has 3 unspecified atom stereocenters. The minimum atomic E-state index is 0.0489. The number of hydrogen-bond donors (Lipinski definition) is 1. The summed E-state index contributed by atoms with van der Waals surface area (Å²) in [5, 5.41) is 4.30. The third-order valence-corrected chi connectivity index (χ3v) is 5.18. The Bertz CT molecular complexity index is 641. The zero-order valence-corrected chi connectivity index (χ0v) is 12.0. The first-order valence-corrected chi connectivity index (χ1v) is 7.93. The Kier molecular flexibility index (Phi) is 2.97. The number of benzene rings is 1. The second-order valence-electron chi connectivity index (χ2n) is 5.90. The molecule has 2 saturated heterocycles. The summed E-state index contributed by atoms with van der Waals surface area (Å²) in [5.41, 5.74) is 0.745. The Morgan fingerprint density at radius 2 is 2.35 bits per heavy atom. The first-order valence-electron chi connectivity index (χ1n) is 7.15. The SMILES string of the molecule is O=C(NC1CC2CCN(C2)C1)c1ccc2cnsc2c1. The van der Waals surface area contributed by atoms with E-state index in [0.717, 1.165) is 34.5 Å². The molecule has 3 atom stereocenters. The van der Waals surface area contributed by atoms with Gasteiger partial charge in [0.25, 0.3) is 5.91 Å². The van der Waals surface area contributed by atoms with E-state index in [-0.39, 0.29) is 5.91 Å². The van der Waals surface area contributed by atoms with Gasteiger partial charge in [-0.2, -0.15) is 4.37 Å². The van der Waals surface area contributed by atoms with E-state index in [4.69, 9.17) is 0 Å². The highest BCUT2D eigenvalue weighted by Crippen LogP contribution is 2.27. The van der Waals surface area contributed by atoms with Crippen molar-refractivity contribution in [2.75, 3.05) is 19.6 Å². The van der Waals surface area contributed by atoms with Crippen LogP contribution in [0.5, 0.6) is 0 Å². The lowest BCUT2D eigenvalue weighted by molar-refractivity contribution is 0.0909. The minimum Gasteiger partial charge on any atom is -0.348 e. The average Bonchev–Trinajstić information content (AvgIpc) is 3.04. The second kappa shape index (κ2) is 4.82. The number of nitrogens with zero attached hydrogens (tertiary/aromatic N) is 2. The maximum absolute atomic E-state index is 12.4. The molecule has 1 aromatic heterocycles. The van der Waals surface area contributed by atoms with Crippen LogP contribution in [0.1, 0.15) is 23.2 Å². The van der Waals surface area contributed by atoms with E-state index in [9.17, 15) is 4.79 Å². The summed E-state index contributed by atoms with van der Waals surface area (Å²) in [6.07, 6.45) is 4.26. The van der Waals surface area contributed by atoms with E-state index in [1.165, 1.54) is 31.0 Å². The quantitative estimate of drug-likeness (QED) is 0.920. The lowest BCUT2D eigenvalue weighted by Gasteiger charge is -2.30. The molecule has 4 rings (SSSR count). The first-order chi connectivity index (χ1) is 9.78. The summed E-state index contributed by atoms with van der Waals surface area (Å²) in [6.45, 7) is 3.42. The van der Waals surface area contributed by atoms with Crippen LogP contribution < -0.4 is 5.32 Å². The van der Waals surface area contributed by atoms with Crippen molar-refractivity contribution in [1.29, 1.82) is 0 Å². The van der Waals surface area contributed by atoms with Crippen molar-refractivity contribution in [3.63, 3.8) is 0 Å². The van der Waals surface area contributed by atoms with Crippen LogP contribution in [0, 0.1) is 5.92 Å². The molecule has 1 N–H and O–H groups in total. The molecular weight excluding hydrogens is 270 g/mol. The summed E-state index contributed by atoms with van der Waals surface area (Å²) in [7, 11) is 0. The third kappa shape index (κ3) is 2.21. The number of hydrogen-bond acceptors (Lipinski definition) is 4. The Balaban J connectivity index is 1.49. The number of carbonyl (C=O) groups excluding carboxylic acids is 1. The summed E-state index contributed by atoms with van der Waals surface area (Å²) >= 11 is 1.44. The standard InChI is InChI=1S/C15H17N3OS/c19-15(11-1-2-12-7-16-20-14(12)6-11)17-13-5-10-3-4-18(8-10)9-13/h1-2,6-7,10,13H,3-5,8-9H2,(H,17,19). The van der Waals surface area contributed by atoms with Gasteiger partial charge in [0.1, 0.15) is 0 Å². The Labute approximate surface area is 121 Å². The zero-order valence-electron chi connectivity index (χ0n) is 11.2. The monoisotopic (exact) mass is 287 g/mol. The van der Waals surface area contributed by atoms with Crippen LogP contribution in [-0.4, -0.2) is 40.9 Å². The highest BCUT2D eigenvalue weighted by Gasteiger charge is 2.32. The second-order valence-corrected chi connectivity index (χ2v) is 6.73. The largest absolute Gasteiger partial charge is 0.348 e. The number of aromatic nitrogens is 1. The summed E-state index contributed by atoms with van der Waals surface area (Å²) in [5.74, 6) is 0.825. The molecule has 0 saturated carbocycles. The molecule has 1 amide bonds. The van der Waals surface area contributed by atoms with Crippen molar-refractivity contribution in [2.24, 2.45) is 5.92 Å². The number of amides is 1. The van der Waals surface area contributed by atoms with Crippen LogP contribution in [0.2, 0.25) is 0 Å². The van der Waals surface area contributed by atoms with Gasteiger partial charge in [-0.1, -0.05) is 6.07 Å². The van der Waals surface area contributed by atoms with Gasteiger partial charge in [-0.15, -0.1) is 0 Å². The van der Waals surface area contributed by atoms with Gasteiger partial charge >= 0.3 is 0 Å². The maximum atomic E-state index is 12.4. The molecule has 3 heterocycles. The fourth-order valence-corrected chi connectivity index (χ4v) is 4.12. The van der Waals surface area contributed by atoms with Crippen LogP contribution in [0.15, 0.2) is 24.4 Å². The maximum Gasteiger partial charge on any atom is 0.251 e. The van der Waals surface area contributed by atoms with Gasteiger partial charge in [-0.3, -0.25) is 4.79 Å². The van der Waals surface area contributed by atoms with E-state index in [0.29, 0.717) is 6.04 Å². The molecule has 0 aliphatic carbocycles. The van der Waals surface area contributed by atoms with E-state index in [2.05, 4.69) is 14.6 Å². The number of piperidine rings is 1. The van der Waals surface area contributed by atoms with E-state index < -0.39 is 0 Å². The molecule has 0 radical (unpaired) electrons. The van der Waals surface area contributed by atoms with Crippen LogP contribution in [0.25, 0.3) is 10.1 Å². The average molecular weight is 287 g/mol. The molecule has 2 aliphatic rings. The van der Waals surface area contributed by atoms with Crippen LogP contribution in [0.4, 0.5) is 0 Å². The number of carbonyl (C=O) groups is 1. The molecule has 2 fully saturated rings. The van der Waals surface area contributed by atoms with Gasteiger partial charge < -0.3 is 10.2 Å². The van der Waals surface area contributed by atoms with Crippen molar-refractivity contribution >= 4 is 27.5 Å². The summed E-state index contributed by atoms with van der Waals surface area (Å²) in [4.78, 5) is 14.8. The molecule has 4 nitrogen and oxygen atoms in total. The van der Waals surface area contributed by atoms with Crippen LogP contribution in [-0.2, 0) is 0 Å². The van der Waals surface area contributed by atoms with Crippen molar-refractivity contribution < 1.29 is 4.79 Å². The summed E-state index contributed by atoms with van der Waals surface area (Å²) < 4.78 is 5.22. The van der Waals surface area contributed by atoms with Gasteiger partial charge in [0, 0.05) is 36.3 Å². The van der Waals surface area contributed by atoms with Gasteiger partial charge in [0.05, 0.1) is 4.70 Å². The predicted octanol–water partition coefficient (Wildman–Crippen LogP) is 2.12. The third-order valence-electron chi connectivity index (χ3n) is 4.42. The molecule has 20 heavy (non-hydrogen) atoms. The molecule has 104 valence electrons. The van der Waals surface area contributed by atoms with E-state index in [1.54, 1.807) is 0 Å². The normalized spacial score (nSPS) is 28.7. The van der Waals surface area contributed by atoms with Gasteiger partial charge in [-0.25, -0.2) is 0 Å². The molecule has 2 bridgehead atoms. The van der Waals surface area contributed by atoms with Gasteiger partial charge in [-0.05, 0) is 49.0 Å². The molecule has 5 heteroatoms. The van der Waals surface area contributed by atoms with E-state index in [1.807, 2.05) is 24.4 Å². The smallest absolute Gasteiger partial charge is 0.251 e. The van der Waals surface area contributed by atoms with Crippen LogP contribution >= 0.6 is 11.5 Å². The fourth-order valence-electron chi connectivity index (χ4n) is 3.43. The Hall–Kier alpha value is -1.46. The molecule has 2 aliphatic heterocycles. The predicted molar refractivity (Wildman–Crippen MR) is 80.0 cm³/mol. The summed E-state index contributed by atoms with van der Waals surface area (Å²) in [6, 6.07) is 6.12. The molecule has 0 spiro atoms. The zero-order chi connectivity index (χ0) is 13.5. The van der Waals surface area contributed by atoms with Crippen molar-refractivity contribution in [1.82, 2.24) is 14.6 Å². The topological polar surface area (TPSA) is 45.2 Å². The number of fused-ring (bicyclic) bond motifs is 3. The molecule has 2 aromatic rings. The van der Waals surface area contributed by atoms with Crippen molar-refractivity contribution in [3.05, 3.63) is 30.0 Å². The van der Waals surface area contributed by atoms with Gasteiger partial charge in [0.15, 0.2) is 0 Å². The first kappa shape index (κ1) is 12.3. The lowest BCUT2D eigenvalue weighted by atomic mass is 9.96. The highest BCUT2D eigenvalue weighted by molar-refractivity contribution is 7.13. The van der Waals surface area contributed by atoms with E-state index >= 15 is 0 Å². The lowest BCUT2D eigenvalue weighted by Crippen LogP contribution is -2.46. The van der Waals surface area contributed by atoms with Crippen molar-refractivity contribution in [3.8, 4) is 0 Å². The minimum absolute atomic E-state index is 0.0489. The Morgan fingerprint density at radius 1 is 1.40 bits per heavy atom. The Morgan fingerprint density at radius 3 is 3.25 bits per heavy atom. The number of nitrogens with one attached hydrogen (secondary N) is 1. The molecule has 1 aromatic carbocycles. The van der Waals surface area contributed by atoms with Crippen molar-refractivity contribution in [2.45, 2.75) is 18.9 Å². The number of rotatable bonds is 2. The van der Waals surface area contributed by atoms with Crippen LogP contribution in [0.3, 0.4) is 0 Å². The highest BCUT2D eigenvalue weighted by atomic mass is 32.1. The fraction of sp³-hybridized carbons (Fsp3) is 0.467.